The predicted octanol–water partition coefficient (Wildman–Crippen LogP) is 2.59. The van der Waals surface area contributed by atoms with Gasteiger partial charge in [-0.05, 0) is 36.4 Å². The van der Waals surface area contributed by atoms with Crippen molar-refractivity contribution >= 4 is 11.0 Å². The van der Waals surface area contributed by atoms with Crippen LogP contribution in [-0.2, 0) is 0 Å². The summed E-state index contributed by atoms with van der Waals surface area (Å²) in [5.74, 6) is 0.721. The summed E-state index contributed by atoms with van der Waals surface area (Å²) in [4.78, 5) is 0. The highest BCUT2D eigenvalue weighted by molar-refractivity contribution is 5.75. The molecule has 1 aromatic heterocycles. The Balaban J connectivity index is 2.13. The van der Waals surface area contributed by atoms with E-state index in [4.69, 9.17) is 4.74 Å². The highest BCUT2D eigenvalue weighted by Gasteiger charge is 2.05. The van der Waals surface area contributed by atoms with Crippen molar-refractivity contribution < 1.29 is 4.74 Å². The van der Waals surface area contributed by atoms with Gasteiger partial charge in [0, 0.05) is 0 Å². The van der Waals surface area contributed by atoms with Crippen LogP contribution in [-0.4, -0.2) is 15.0 Å². The Hall–Kier alpha value is -2.36. The van der Waals surface area contributed by atoms with Gasteiger partial charge >= 0.3 is 0 Å². The van der Waals surface area contributed by atoms with E-state index >= 15 is 0 Å². The Morgan fingerprint density at radius 1 is 1.00 bits per heavy atom. The van der Waals surface area contributed by atoms with Gasteiger partial charge in [-0.1, -0.05) is 17.3 Å². The first-order valence-corrected chi connectivity index (χ1v) is 5.21. The third kappa shape index (κ3) is 1.63. The van der Waals surface area contributed by atoms with E-state index in [9.17, 15) is 0 Å². The second-order valence-electron chi connectivity index (χ2n) is 3.63. The summed E-state index contributed by atoms with van der Waals surface area (Å²) in [7, 11) is 3.36. The fourth-order valence-corrected chi connectivity index (χ4v) is 1.74. The standard InChI is InChI=1S/C13H10N3O/c1-17-11-8-6-10(7-9-11)16-13-5-3-2-4-12(13)14-15-16/h2-9H,1H2. The fourth-order valence-electron chi connectivity index (χ4n) is 1.74. The third-order valence-electron chi connectivity index (χ3n) is 2.60. The SMILES string of the molecule is [CH2]Oc1ccc(-n2nnc3ccccc32)cc1. The molecule has 1 radical (unpaired) electrons. The van der Waals surface area contributed by atoms with Crippen LogP contribution in [0.25, 0.3) is 16.7 Å². The maximum absolute atomic E-state index is 4.88. The summed E-state index contributed by atoms with van der Waals surface area (Å²) in [6, 6.07) is 15.4. The van der Waals surface area contributed by atoms with Gasteiger partial charge in [-0.2, -0.15) is 0 Å². The van der Waals surface area contributed by atoms with Crippen LogP contribution < -0.4 is 4.74 Å². The molecule has 0 aliphatic heterocycles. The second kappa shape index (κ2) is 3.90. The lowest BCUT2D eigenvalue weighted by Gasteiger charge is -2.03. The van der Waals surface area contributed by atoms with Gasteiger partial charge < -0.3 is 4.74 Å². The molecule has 0 aliphatic carbocycles. The Morgan fingerprint density at radius 2 is 1.76 bits per heavy atom. The second-order valence-corrected chi connectivity index (χ2v) is 3.63. The summed E-state index contributed by atoms with van der Waals surface area (Å²) in [5.41, 5.74) is 2.81. The average Bonchev–Trinajstić information content (AvgIpc) is 2.83. The zero-order valence-corrected chi connectivity index (χ0v) is 9.08. The Kier molecular flexibility index (Phi) is 2.26. The molecule has 0 bridgehead atoms. The van der Waals surface area contributed by atoms with Gasteiger partial charge in [0.05, 0.1) is 11.2 Å². The quantitative estimate of drug-likeness (QED) is 0.671. The van der Waals surface area contributed by atoms with Crippen LogP contribution in [0.3, 0.4) is 0 Å². The maximum atomic E-state index is 4.88. The van der Waals surface area contributed by atoms with Gasteiger partial charge in [0.15, 0.2) is 0 Å². The van der Waals surface area contributed by atoms with Crippen molar-refractivity contribution in [3.8, 4) is 11.4 Å². The van der Waals surface area contributed by atoms with E-state index in [-0.39, 0.29) is 0 Å². The van der Waals surface area contributed by atoms with Gasteiger partial charge in [0.2, 0.25) is 0 Å². The van der Waals surface area contributed by atoms with E-state index in [0.29, 0.717) is 0 Å². The smallest absolute Gasteiger partial charge is 0.122 e. The Morgan fingerprint density at radius 3 is 2.53 bits per heavy atom. The zero-order chi connectivity index (χ0) is 11.7. The zero-order valence-electron chi connectivity index (χ0n) is 9.08. The molecule has 0 spiro atoms. The summed E-state index contributed by atoms with van der Waals surface area (Å²) in [6.45, 7) is 0. The largest absolute Gasteiger partial charge is 0.490 e. The summed E-state index contributed by atoms with van der Waals surface area (Å²) in [5, 5.41) is 8.24. The van der Waals surface area contributed by atoms with Crippen LogP contribution in [0.1, 0.15) is 0 Å². The van der Waals surface area contributed by atoms with Crippen LogP contribution in [0, 0.1) is 7.11 Å². The lowest BCUT2D eigenvalue weighted by atomic mass is 10.3. The van der Waals surface area contributed by atoms with Crippen molar-refractivity contribution in [3.63, 3.8) is 0 Å². The van der Waals surface area contributed by atoms with Gasteiger partial charge in [-0.3, -0.25) is 0 Å². The monoisotopic (exact) mass is 224 g/mol. The molecule has 1 heterocycles. The van der Waals surface area contributed by atoms with E-state index < -0.39 is 0 Å². The van der Waals surface area contributed by atoms with E-state index in [1.54, 1.807) is 4.68 Å². The average molecular weight is 224 g/mol. The number of rotatable bonds is 2. The number of fused-ring (bicyclic) bond motifs is 1. The Labute approximate surface area is 98.4 Å². The van der Waals surface area contributed by atoms with Crippen LogP contribution in [0.4, 0.5) is 0 Å². The molecule has 4 nitrogen and oxygen atoms in total. The first kappa shape index (κ1) is 9.84. The van der Waals surface area contributed by atoms with Gasteiger partial charge in [-0.15, -0.1) is 5.10 Å². The van der Waals surface area contributed by atoms with Crippen LogP contribution in [0.5, 0.6) is 5.75 Å². The molecule has 83 valence electrons. The van der Waals surface area contributed by atoms with E-state index in [2.05, 4.69) is 17.4 Å². The highest BCUT2D eigenvalue weighted by Crippen LogP contribution is 2.18. The fraction of sp³-hybridized carbons (Fsp3) is 0. The van der Waals surface area contributed by atoms with E-state index in [0.717, 1.165) is 22.5 Å². The molecule has 4 heteroatoms. The molecule has 2 aromatic carbocycles. The minimum atomic E-state index is 0.721. The number of ether oxygens (including phenoxy) is 1. The first-order valence-electron chi connectivity index (χ1n) is 5.21. The minimum Gasteiger partial charge on any atom is -0.490 e. The van der Waals surface area contributed by atoms with E-state index in [1.165, 1.54) is 0 Å². The van der Waals surface area contributed by atoms with Crippen molar-refractivity contribution in [1.82, 2.24) is 15.0 Å². The van der Waals surface area contributed by atoms with Gasteiger partial charge in [-0.25, -0.2) is 4.68 Å². The number of hydrogen-bond acceptors (Lipinski definition) is 3. The van der Waals surface area contributed by atoms with Crippen LogP contribution in [0.15, 0.2) is 48.5 Å². The van der Waals surface area contributed by atoms with Gasteiger partial charge in [0.25, 0.3) is 0 Å². The van der Waals surface area contributed by atoms with Crippen LogP contribution >= 0.6 is 0 Å². The molecular formula is C13H10N3O. The molecule has 0 unspecified atom stereocenters. The summed E-state index contributed by atoms with van der Waals surface area (Å²) >= 11 is 0. The van der Waals surface area contributed by atoms with Crippen molar-refractivity contribution in [1.29, 1.82) is 0 Å². The third-order valence-corrected chi connectivity index (χ3v) is 2.60. The number of aromatic nitrogens is 3. The molecule has 0 N–H and O–H groups in total. The normalized spacial score (nSPS) is 10.6. The maximum Gasteiger partial charge on any atom is 0.122 e. The lowest BCUT2D eigenvalue weighted by Crippen LogP contribution is -1.96. The number of benzene rings is 2. The Bertz CT molecular complexity index is 643. The number of nitrogens with zero attached hydrogens (tertiary/aromatic N) is 3. The molecular weight excluding hydrogens is 214 g/mol. The molecule has 0 aliphatic rings. The molecule has 0 atom stereocenters. The molecule has 0 saturated heterocycles. The van der Waals surface area contributed by atoms with Gasteiger partial charge in [0.1, 0.15) is 18.4 Å². The molecule has 3 rings (SSSR count). The molecule has 3 aromatic rings. The lowest BCUT2D eigenvalue weighted by molar-refractivity contribution is 0.473. The van der Waals surface area contributed by atoms with Crippen molar-refractivity contribution in [2.45, 2.75) is 0 Å². The van der Waals surface area contributed by atoms with Crippen LogP contribution in [0.2, 0.25) is 0 Å². The molecule has 0 saturated carbocycles. The van der Waals surface area contributed by atoms with Crippen molar-refractivity contribution in [2.75, 3.05) is 0 Å². The number of para-hydroxylation sites is 1. The summed E-state index contributed by atoms with van der Waals surface area (Å²) < 4.78 is 6.67. The molecule has 0 amide bonds. The van der Waals surface area contributed by atoms with Crippen molar-refractivity contribution in [2.24, 2.45) is 0 Å². The summed E-state index contributed by atoms with van der Waals surface area (Å²) in [6.07, 6.45) is 0. The number of hydrogen-bond donors (Lipinski definition) is 0. The molecule has 0 fully saturated rings. The molecule has 17 heavy (non-hydrogen) atoms. The first-order chi connectivity index (χ1) is 8.38. The minimum absolute atomic E-state index is 0.721. The topological polar surface area (TPSA) is 39.9 Å². The predicted molar refractivity (Wildman–Crippen MR) is 64.9 cm³/mol. The van der Waals surface area contributed by atoms with E-state index in [1.807, 2.05) is 48.5 Å². The van der Waals surface area contributed by atoms with Crippen molar-refractivity contribution in [3.05, 3.63) is 55.6 Å². The highest BCUT2D eigenvalue weighted by atomic mass is 16.5.